The maximum Gasteiger partial charge on any atom is 0.417 e. The van der Waals surface area contributed by atoms with Gasteiger partial charge in [-0.1, -0.05) is 60.1 Å². The molecular weight excluding hydrogens is 501 g/mol. The summed E-state index contributed by atoms with van der Waals surface area (Å²) in [5.41, 5.74) is -1.33. The van der Waals surface area contributed by atoms with Crippen LogP contribution in [0.3, 0.4) is 0 Å². The molecule has 0 saturated heterocycles. The normalized spacial score (nSPS) is 12.3. The zero-order chi connectivity index (χ0) is 25.9. The Morgan fingerprint density at radius 1 is 0.943 bits per heavy atom. The fourth-order valence-electron chi connectivity index (χ4n) is 3.62. The van der Waals surface area contributed by atoms with E-state index >= 15 is 0 Å². The Balaban J connectivity index is 1.96. The summed E-state index contributed by atoms with van der Waals surface area (Å²) in [6, 6.07) is 19.3. The number of hydrogen-bond acceptors (Lipinski definition) is 3. The third kappa shape index (κ3) is 6.76. The number of amides is 1. The summed E-state index contributed by atoms with van der Waals surface area (Å²) in [5.74, 6) is -0.672. The van der Waals surface area contributed by atoms with Gasteiger partial charge in [-0.2, -0.15) is 13.2 Å². The second kappa shape index (κ2) is 10.3. The highest BCUT2D eigenvalue weighted by Gasteiger charge is 2.36. The molecule has 1 amide bonds. The van der Waals surface area contributed by atoms with E-state index in [1.54, 1.807) is 19.9 Å². The van der Waals surface area contributed by atoms with Crippen molar-refractivity contribution in [1.82, 2.24) is 5.32 Å². The number of nitrogens with one attached hydrogen (secondary N) is 1. The highest BCUT2D eigenvalue weighted by atomic mass is 35.5. The zero-order valence-corrected chi connectivity index (χ0v) is 20.6. The van der Waals surface area contributed by atoms with Gasteiger partial charge in [-0.15, -0.1) is 0 Å². The number of anilines is 1. The van der Waals surface area contributed by atoms with Gasteiger partial charge in [0.1, 0.15) is 6.54 Å². The van der Waals surface area contributed by atoms with Crippen molar-refractivity contribution in [2.24, 2.45) is 0 Å². The van der Waals surface area contributed by atoms with Crippen molar-refractivity contribution >= 4 is 33.2 Å². The number of sulfonamides is 1. The second-order valence-corrected chi connectivity index (χ2v) is 10.9. The quantitative estimate of drug-likeness (QED) is 0.411. The molecule has 0 unspecified atom stereocenters. The molecule has 3 rings (SSSR count). The Labute approximate surface area is 207 Å². The van der Waals surface area contributed by atoms with Crippen LogP contribution in [0.4, 0.5) is 18.9 Å². The molecule has 0 saturated carbocycles. The fraction of sp³-hybridized carbons (Fsp3) is 0.240. The lowest BCUT2D eigenvalue weighted by molar-refractivity contribution is -0.137. The molecule has 0 aliphatic heterocycles. The number of rotatable bonds is 8. The van der Waals surface area contributed by atoms with Gasteiger partial charge >= 0.3 is 6.18 Å². The monoisotopic (exact) mass is 524 g/mol. The van der Waals surface area contributed by atoms with E-state index in [1.165, 1.54) is 24.3 Å². The molecule has 0 fully saturated rings. The van der Waals surface area contributed by atoms with E-state index in [0.717, 1.165) is 17.7 Å². The average Bonchev–Trinajstić information content (AvgIpc) is 2.77. The van der Waals surface area contributed by atoms with Gasteiger partial charge in [-0.05, 0) is 56.2 Å². The van der Waals surface area contributed by atoms with Crippen LogP contribution in [0.15, 0.2) is 83.8 Å². The standard InChI is InChI=1S/C25H24ClF3N2O3S/c1-24(2,16-18-9-5-3-6-10-18)30-23(32)17-31(35(33,34)20-11-7-4-8-12-20)19-13-14-22(26)21(15-19)25(27,28)29/h3-15H,16-17H2,1-2H3,(H,30,32). The molecule has 3 aromatic rings. The lowest BCUT2D eigenvalue weighted by Gasteiger charge is -2.30. The number of carbonyl (C=O) groups excluding carboxylic acids is 1. The van der Waals surface area contributed by atoms with Crippen LogP contribution < -0.4 is 9.62 Å². The minimum atomic E-state index is -4.81. The number of nitrogens with zero attached hydrogens (tertiary/aromatic N) is 1. The van der Waals surface area contributed by atoms with Gasteiger partial charge in [-0.3, -0.25) is 9.10 Å². The van der Waals surface area contributed by atoms with Crippen molar-refractivity contribution in [1.29, 1.82) is 0 Å². The summed E-state index contributed by atoms with van der Waals surface area (Å²) < 4.78 is 67.9. The van der Waals surface area contributed by atoms with Crippen LogP contribution in [-0.4, -0.2) is 26.4 Å². The Kier molecular flexibility index (Phi) is 7.81. The molecule has 0 bridgehead atoms. The van der Waals surface area contributed by atoms with Crippen LogP contribution in [0.25, 0.3) is 0 Å². The Hall–Kier alpha value is -3.04. The molecule has 0 heterocycles. The molecule has 0 aliphatic rings. The summed E-state index contributed by atoms with van der Waals surface area (Å²) in [5, 5.41) is 2.21. The van der Waals surface area contributed by atoms with Crippen molar-refractivity contribution in [3.05, 3.63) is 95.0 Å². The highest BCUT2D eigenvalue weighted by Crippen LogP contribution is 2.38. The first kappa shape index (κ1) is 26.6. The minimum Gasteiger partial charge on any atom is -0.349 e. The molecule has 1 N–H and O–H groups in total. The Morgan fingerprint density at radius 2 is 1.51 bits per heavy atom. The largest absolute Gasteiger partial charge is 0.417 e. The minimum absolute atomic E-state index is 0.167. The van der Waals surface area contributed by atoms with Crippen molar-refractivity contribution in [3.8, 4) is 0 Å². The molecule has 186 valence electrons. The van der Waals surface area contributed by atoms with Crippen molar-refractivity contribution in [3.63, 3.8) is 0 Å². The number of benzene rings is 3. The van der Waals surface area contributed by atoms with E-state index in [9.17, 15) is 26.4 Å². The summed E-state index contributed by atoms with van der Waals surface area (Å²) in [4.78, 5) is 12.8. The smallest absolute Gasteiger partial charge is 0.349 e. The van der Waals surface area contributed by atoms with E-state index in [1.807, 2.05) is 30.3 Å². The van der Waals surface area contributed by atoms with Crippen LogP contribution in [0.5, 0.6) is 0 Å². The molecule has 0 spiro atoms. The van der Waals surface area contributed by atoms with Crippen LogP contribution in [-0.2, 0) is 27.4 Å². The van der Waals surface area contributed by atoms with Crippen LogP contribution in [0, 0.1) is 0 Å². The molecule has 0 aliphatic carbocycles. The summed E-state index contributed by atoms with van der Waals surface area (Å²) in [7, 11) is -4.38. The first-order valence-electron chi connectivity index (χ1n) is 10.6. The van der Waals surface area contributed by atoms with Crippen molar-refractivity contribution in [2.75, 3.05) is 10.8 Å². The van der Waals surface area contributed by atoms with Gasteiger partial charge in [-0.25, -0.2) is 8.42 Å². The fourth-order valence-corrected chi connectivity index (χ4v) is 5.28. The summed E-state index contributed by atoms with van der Waals surface area (Å²) in [6.07, 6.45) is -4.35. The summed E-state index contributed by atoms with van der Waals surface area (Å²) in [6.45, 7) is 2.82. The molecule has 3 aromatic carbocycles. The molecule has 0 atom stereocenters. The maximum absolute atomic E-state index is 13.5. The maximum atomic E-state index is 13.5. The lowest BCUT2D eigenvalue weighted by atomic mass is 9.95. The Bertz CT molecular complexity index is 1280. The first-order chi connectivity index (χ1) is 16.3. The van der Waals surface area contributed by atoms with Gasteiger partial charge < -0.3 is 5.32 Å². The first-order valence-corrected chi connectivity index (χ1v) is 12.4. The molecule has 10 heteroatoms. The van der Waals surface area contributed by atoms with E-state index in [2.05, 4.69) is 5.32 Å². The zero-order valence-electron chi connectivity index (χ0n) is 19.0. The predicted molar refractivity (Wildman–Crippen MR) is 130 cm³/mol. The van der Waals surface area contributed by atoms with Gasteiger partial charge in [0.25, 0.3) is 10.0 Å². The van der Waals surface area contributed by atoms with Gasteiger partial charge in [0, 0.05) is 5.54 Å². The van der Waals surface area contributed by atoms with E-state index in [-0.39, 0.29) is 10.6 Å². The number of alkyl halides is 3. The van der Waals surface area contributed by atoms with Gasteiger partial charge in [0.2, 0.25) is 5.91 Å². The number of halogens is 4. The van der Waals surface area contributed by atoms with Gasteiger partial charge in [0.05, 0.1) is 21.2 Å². The SMILES string of the molecule is CC(C)(Cc1ccccc1)NC(=O)CN(c1ccc(Cl)c(C(F)(F)F)c1)S(=O)(=O)c1ccccc1. The van der Waals surface area contributed by atoms with Gasteiger partial charge in [0.15, 0.2) is 0 Å². The van der Waals surface area contributed by atoms with E-state index < -0.39 is 44.8 Å². The van der Waals surface area contributed by atoms with Crippen LogP contribution >= 0.6 is 11.6 Å². The average molecular weight is 525 g/mol. The Morgan fingerprint density at radius 3 is 2.09 bits per heavy atom. The topological polar surface area (TPSA) is 66.5 Å². The number of hydrogen-bond donors (Lipinski definition) is 1. The second-order valence-electron chi connectivity index (χ2n) is 8.58. The molecular formula is C25H24ClF3N2O3S. The summed E-state index contributed by atoms with van der Waals surface area (Å²) >= 11 is 5.72. The van der Waals surface area contributed by atoms with E-state index in [4.69, 9.17) is 11.6 Å². The molecule has 35 heavy (non-hydrogen) atoms. The van der Waals surface area contributed by atoms with Crippen LogP contribution in [0.1, 0.15) is 25.0 Å². The third-order valence-corrected chi connectivity index (χ3v) is 7.25. The number of carbonyl (C=O) groups is 1. The third-order valence-electron chi connectivity index (χ3n) is 5.13. The predicted octanol–water partition coefficient (Wildman–Crippen LogP) is 5.69. The highest BCUT2D eigenvalue weighted by molar-refractivity contribution is 7.92. The molecule has 0 aromatic heterocycles. The molecule has 0 radical (unpaired) electrons. The van der Waals surface area contributed by atoms with Crippen LogP contribution in [0.2, 0.25) is 5.02 Å². The van der Waals surface area contributed by atoms with E-state index in [0.29, 0.717) is 16.8 Å². The van der Waals surface area contributed by atoms with Crippen molar-refractivity contribution in [2.45, 2.75) is 36.9 Å². The lowest BCUT2D eigenvalue weighted by Crippen LogP contribution is -2.50. The van der Waals surface area contributed by atoms with Crippen molar-refractivity contribution < 1.29 is 26.4 Å². The molecule has 5 nitrogen and oxygen atoms in total.